The van der Waals surface area contributed by atoms with E-state index in [0.29, 0.717) is 0 Å². The molecule has 3 rings (SSSR count). The summed E-state index contributed by atoms with van der Waals surface area (Å²) in [6.07, 6.45) is 4.80. The highest BCUT2D eigenvalue weighted by atomic mass is 16.5. The average molecular weight is 288 g/mol. The zero-order chi connectivity index (χ0) is 14.6. The fourth-order valence-corrected chi connectivity index (χ4v) is 3.81. The summed E-state index contributed by atoms with van der Waals surface area (Å²) in [4.78, 5) is 0. The van der Waals surface area contributed by atoms with E-state index < -0.39 is 0 Å². The minimum absolute atomic E-state index is 0.0464. The van der Waals surface area contributed by atoms with Crippen molar-refractivity contribution in [1.82, 2.24) is 10.6 Å². The van der Waals surface area contributed by atoms with Crippen molar-refractivity contribution >= 4 is 0 Å². The SMILES string of the molecule is CC1(CNCC2(c3ccccc3)CCNCC2)CCCO1. The Morgan fingerprint density at radius 3 is 2.52 bits per heavy atom. The summed E-state index contributed by atoms with van der Waals surface area (Å²) in [5.74, 6) is 0. The van der Waals surface area contributed by atoms with Crippen molar-refractivity contribution < 1.29 is 4.74 Å². The number of ether oxygens (including phenoxy) is 1. The van der Waals surface area contributed by atoms with E-state index in [2.05, 4.69) is 47.9 Å². The Hall–Kier alpha value is -0.900. The third kappa shape index (κ3) is 3.47. The summed E-state index contributed by atoms with van der Waals surface area (Å²) in [7, 11) is 0. The molecule has 0 aliphatic carbocycles. The fraction of sp³-hybridized carbons (Fsp3) is 0.667. The van der Waals surface area contributed by atoms with Gasteiger partial charge >= 0.3 is 0 Å². The topological polar surface area (TPSA) is 33.3 Å². The quantitative estimate of drug-likeness (QED) is 0.873. The Kier molecular flexibility index (Phi) is 4.63. The van der Waals surface area contributed by atoms with Crippen LogP contribution in [0.15, 0.2) is 30.3 Å². The van der Waals surface area contributed by atoms with Crippen molar-refractivity contribution in [1.29, 1.82) is 0 Å². The Bertz CT molecular complexity index is 434. The van der Waals surface area contributed by atoms with Gasteiger partial charge in [0.2, 0.25) is 0 Å². The summed E-state index contributed by atoms with van der Waals surface area (Å²) in [6.45, 7) is 7.41. The molecule has 0 amide bonds. The molecule has 2 fully saturated rings. The lowest BCUT2D eigenvalue weighted by atomic mass is 9.73. The molecule has 21 heavy (non-hydrogen) atoms. The highest BCUT2D eigenvalue weighted by molar-refractivity contribution is 5.27. The Balaban J connectivity index is 1.65. The molecule has 3 nitrogen and oxygen atoms in total. The van der Waals surface area contributed by atoms with Crippen molar-refractivity contribution in [2.24, 2.45) is 0 Å². The predicted molar refractivity (Wildman–Crippen MR) is 86.7 cm³/mol. The molecule has 0 aromatic heterocycles. The van der Waals surface area contributed by atoms with E-state index in [1.165, 1.54) is 31.2 Å². The number of nitrogens with one attached hydrogen (secondary N) is 2. The fourth-order valence-electron chi connectivity index (χ4n) is 3.81. The first-order valence-corrected chi connectivity index (χ1v) is 8.34. The molecule has 1 unspecified atom stereocenters. The second-order valence-corrected chi connectivity index (χ2v) is 6.90. The van der Waals surface area contributed by atoms with E-state index in [0.717, 1.165) is 32.8 Å². The van der Waals surface area contributed by atoms with Crippen molar-refractivity contribution in [2.45, 2.75) is 43.6 Å². The molecule has 1 aromatic rings. The van der Waals surface area contributed by atoms with Crippen molar-refractivity contribution in [3.05, 3.63) is 35.9 Å². The van der Waals surface area contributed by atoms with Crippen LogP contribution in [0.2, 0.25) is 0 Å². The van der Waals surface area contributed by atoms with Gasteiger partial charge in [-0.3, -0.25) is 0 Å². The third-order valence-corrected chi connectivity index (χ3v) is 5.21. The molecule has 0 saturated carbocycles. The maximum Gasteiger partial charge on any atom is 0.0779 e. The monoisotopic (exact) mass is 288 g/mol. The predicted octanol–water partition coefficient (Wildman–Crippen LogP) is 2.47. The van der Waals surface area contributed by atoms with Crippen LogP contribution < -0.4 is 10.6 Å². The number of piperidine rings is 1. The van der Waals surface area contributed by atoms with E-state index >= 15 is 0 Å². The first kappa shape index (κ1) is 15.0. The summed E-state index contributed by atoms with van der Waals surface area (Å²) in [5, 5.41) is 7.22. The van der Waals surface area contributed by atoms with Crippen molar-refractivity contribution in [2.75, 3.05) is 32.8 Å². The van der Waals surface area contributed by atoms with E-state index in [4.69, 9.17) is 4.74 Å². The zero-order valence-electron chi connectivity index (χ0n) is 13.2. The van der Waals surface area contributed by atoms with Gasteiger partial charge in [0.1, 0.15) is 0 Å². The van der Waals surface area contributed by atoms with Gasteiger partial charge in [-0.1, -0.05) is 30.3 Å². The normalized spacial score (nSPS) is 28.6. The minimum Gasteiger partial charge on any atom is -0.374 e. The molecular formula is C18H28N2O. The van der Waals surface area contributed by atoms with Crippen LogP contribution in [0, 0.1) is 0 Å². The zero-order valence-corrected chi connectivity index (χ0v) is 13.2. The van der Waals surface area contributed by atoms with Gasteiger partial charge in [0.25, 0.3) is 0 Å². The van der Waals surface area contributed by atoms with E-state index in [9.17, 15) is 0 Å². The maximum absolute atomic E-state index is 5.89. The van der Waals surface area contributed by atoms with Gasteiger partial charge in [-0.25, -0.2) is 0 Å². The number of hydrogen-bond donors (Lipinski definition) is 2. The highest BCUT2D eigenvalue weighted by Crippen LogP contribution is 2.33. The van der Waals surface area contributed by atoms with Gasteiger partial charge in [-0.05, 0) is 51.3 Å². The molecule has 1 atom stereocenters. The van der Waals surface area contributed by atoms with Gasteiger partial charge < -0.3 is 15.4 Å². The largest absolute Gasteiger partial charge is 0.374 e. The molecule has 3 heteroatoms. The minimum atomic E-state index is 0.0464. The van der Waals surface area contributed by atoms with Crippen LogP contribution in [0.3, 0.4) is 0 Å². The van der Waals surface area contributed by atoms with Crippen LogP contribution in [0.5, 0.6) is 0 Å². The van der Waals surface area contributed by atoms with Crippen LogP contribution in [0.1, 0.15) is 38.2 Å². The maximum atomic E-state index is 5.89. The Labute approximate surface area is 128 Å². The molecule has 116 valence electrons. The Morgan fingerprint density at radius 2 is 1.86 bits per heavy atom. The van der Waals surface area contributed by atoms with Crippen LogP contribution >= 0.6 is 0 Å². The van der Waals surface area contributed by atoms with Gasteiger partial charge in [0, 0.05) is 25.1 Å². The summed E-state index contributed by atoms with van der Waals surface area (Å²) >= 11 is 0. The molecule has 2 aliphatic heterocycles. The van der Waals surface area contributed by atoms with Crippen molar-refractivity contribution in [3.8, 4) is 0 Å². The van der Waals surface area contributed by atoms with Gasteiger partial charge in [0.15, 0.2) is 0 Å². The molecule has 0 radical (unpaired) electrons. The molecule has 1 aromatic carbocycles. The van der Waals surface area contributed by atoms with Crippen LogP contribution in [-0.2, 0) is 10.2 Å². The van der Waals surface area contributed by atoms with Gasteiger partial charge in [-0.2, -0.15) is 0 Å². The van der Waals surface area contributed by atoms with E-state index in [-0.39, 0.29) is 11.0 Å². The average Bonchev–Trinajstić information content (AvgIpc) is 2.96. The second-order valence-electron chi connectivity index (χ2n) is 6.90. The first-order valence-electron chi connectivity index (χ1n) is 8.34. The van der Waals surface area contributed by atoms with E-state index in [1.807, 2.05) is 0 Å². The molecule has 2 N–H and O–H groups in total. The summed E-state index contributed by atoms with van der Waals surface area (Å²) in [5.41, 5.74) is 1.81. The number of hydrogen-bond acceptors (Lipinski definition) is 3. The lowest BCUT2D eigenvalue weighted by Crippen LogP contribution is -2.49. The van der Waals surface area contributed by atoms with Crippen LogP contribution in [0.4, 0.5) is 0 Å². The Morgan fingerprint density at radius 1 is 1.10 bits per heavy atom. The molecule has 2 heterocycles. The number of benzene rings is 1. The highest BCUT2D eigenvalue weighted by Gasteiger charge is 2.35. The van der Waals surface area contributed by atoms with Crippen LogP contribution in [0.25, 0.3) is 0 Å². The lowest BCUT2D eigenvalue weighted by molar-refractivity contribution is 0.0195. The second kappa shape index (κ2) is 6.47. The van der Waals surface area contributed by atoms with Crippen molar-refractivity contribution in [3.63, 3.8) is 0 Å². The standard InChI is InChI=1S/C18H28N2O/c1-17(8-5-13-21-17)14-20-15-18(9-11-19-12-10-18)16-6-3-2-4-7-16/h2-4,6-7,19-20H,5,8-15H2,1H3. The molecule has 2 saturated heterocycles. The molecule has 0 spiro atoms. The smallest absolute Gasteiger partial charge is 0.0779 e. The summed E-state index contributed by atoms with van der Waals surface area (Å²) in [6, 6.07) is 11.0. The number of rotatable bonds is 5. The van der Waals surface area contributed by atoms with Crippen LogP contribution in [-0.4, -0.2) is 38.4 Å². The van der Waals surface area contributed by atoms with E-state index in [1.54, 1.807) is 0 Å². The third-order valence-electron chi connectivity index (χ3n) is 5.21. The molecular weight excluding hydrogens is 260 g/mol. The lowest BCUT2D eigenvalue weighted by Gasteiger charge is -2.39. The summed E-state index contributed by atoms with van der Waals surface area (Å²) < 4.78 is 5.89. The van der Waals surface area contributed by atoms with Gasteiger partial charge in [0.05, 0.1) is 5.60 Å². The molecule has 2 aliphatic rings. The van der Waals surface area contributed by atoms with Gasteiger partial charge in [-0.15, -0.1) is 0 Å². The first-order chi connectivity index (χ1) is 10.2. The molecule has 0 bridgehead atoms.